The molecule has 58 heavy (non-hydrogen) atoms. The fraction of sp³-hybridized carbons (Fsp3) is 0.485. The summed E-state index contributed by atoms with van der Waals surface area (Å²) in [7, 11) is 0. The van der Waals surface area contributed by atoms with E-state index in [0.717, 1.165) is 29.2 Å². The van der Waals surface area contributed by atoms with Crippen molar-refractivity contribution in [1.29, 1.82) is 0 Å². The first-order chi connectivity index (χ1) is 27.4. The van der Waals surface area contributed by atoms with E-state index in [1.165, 1.54) is 0 Å². The fourth-order valence-corrected chi connectivity index (χ4v) is 5.01. The van der Waals surface area contributed by atoms with Gasteiger partial charge in [0, 0.05) is 25.9 Å². The maximum atomic E-state index is 13.6. The van der Waals surface area contributed by atoms with E-state index in [1.54, 1.807) is 0 Å². The molecule has 11 amide bonds. The van der Waals surface area contributed by atoms with Gasteiger partial charge in [-0.25, -0.2) is 0 Å². The summed E-state index contributed by atoms with van der Waals surface area (Å²) in [6, 6.07) is 1.26. The number of halogens is 3. The zero-order valence-electron chi connectivity index (χ0n) is 30.7. The second-order valence-corrected chi connectivity index (χ2v) is 12.6. The number of hydrogen-bond acceptors (Lipinski definition) is 11. The lowest BCUT2D eigenvalue weighted by Gasteiger charge is -2.41. The van der Waals surface area contributed by atoms with Crippen LogP contribution in [0.4, 0.5) is 13.2 Å². The number of nitrogens with zero attached hydrogens (tertiary/aromatic N) is 1. The first-order valence-corrected chi connectivity index (χ1v) is 17.6. The molecule has 2 heterocycles. The molecule has 1 aromatic carbocycles. The Morgan fingerprint density at radius 3 is 1.33 bits per heavy atom. The van der Waals surface area contributed by atoms with Gasteiger partial charge in [-0.3, -0.25) is 52.7 Å². The number of benzene rings is 1. The number of alkyl halides is 3. The minimum absolute atomic E-state index is 0.0393. The van der Waals surface area contributed by atoms with Crippen LogP contribution in [0.25, 0.3) is 0 Å². The van der Waals surface area contributed by atoms with Crippen LogP contribution in [0.2, 0.25) is 0 Å². The van der Waals surface area contributed by atoms with Gasteiger partial charge in [-0.2, -0.15) is 13.2 Å². The monoisotopic (exact) mass is 825 g/mol. The summed E-state index contributed by atoms with van der Waals surface area (Å²) in [6.45, 7) is -4.88. The van der Waals surface area contributed by atoms with Gasteiger partial charge >= 0.3 is 6.18 Å². The highest BCUT2D eigenvalue weighted by Gasteiger charge is 2.41. The van der Waals surface area contributed by atoms with Crippen LogP contribution in [0.1, 0.15) is 24.0 Å². The van der Waals surface area contributed by atoms with Gasteiger partial charge in [0.15, 0.2) is 0 Å². The number of hydrogen-bond donors (Lipinski definition) is 10. The molecule has 22 nitrogen and oxygen atoms in total. The molecule has 2 fully saturated rings. The summed E-state index contributed by atoms with van der Waals surface area (Å²) in [5.41, 5.74) is -0.744. The summed E-state index contributed by atoms with van der Waals surface area (Å²) in [5.74, 6) is -8.61. The number of rotatable bonds is 2. The van der Waals surface area contributed by atoms with Crippen LogP contribution in [-0.4, -0.2) is 147 Å². The van der Waals surface area contributed by atoms with Crippen LogP contribution in [0.15, 0.2) is 24.3 Å². The molecule has 0 aromatic heterocycles. The predicted molar refractivity (Wildman–Crippen MR) is 189 cm³/mol. The van der Waals surface area contributed by atoms with E-state index in [4.69, 9.17) is 0 Å². The van der Waals surface area contributed by atoms with Crippen LogP contribution < -0.4 is 53.2 Å². The SMILES string of the molecule is O=C1CCNC(=O)CNC(=O)CNC(=O)CNC(=O)CNC(=O)CNC(=O)CNC(=O)C2CCN2C(=O)C(Cc2ccc(C(F)(F)F)cc2)NC(=O)CNC(=O)CN1. The number of fused-ring (bicyclic) bond motifs is 1. The third kappa shape index (κ3) is 16.1. The Kier molecular flexibility index (Phi) is 17.3. The molecule has 2 saturated heterocycles. The molecule has 2 aliphatic rings. The van der Waals surface area contributed by atoms with Gasteiger partial charge < -0.3 is 58.1 Å². The number of carbonyl (C=O) groups excluding carboxylic acids is 11. The summed E-state index contributed by atoms with van der Waals surface area (Å²) < 4.78 is 39.4. The van der Waals surface area contributed by atoms with Crippen molar-refractivity contribution in [3.63, 3.8) is 0 Å². The van der Waals surface area contributed by atoms with Gasteiger partial charge in [0.2, 0.25) is 65.0 Å². The first-order valence-electron chi connectivity index (χ1n) is 17.6. The molecule has 316 valence electrons. The average Bonchev–Trinajstić information content (AvgIpc) is 3.16. The van der Waals surface area contributed by atoms with E-state index in [1.807, 2.05) is 0 Å². The van der Waals surface area contributed by atoms with Crippen molar-refractivity contribution in [1.82, 2.24) is 58.1 Å². The average molecular weight is 826 g/mol. The van der Waals surface area contributed by atoms with Gasteiger partial charge in [-0.15, -0.1) is 0 Å². The van der Waals surface area contributed by atoms with Crippen LogP contribution in [0, 0.1) is 0 Å². The molecule has 0 radical (unpaired) electrons. The third-order valence-electron chi connectivity index (χ3n) is 8.18. The fourth-order valence-electron chi connectivity index (χ4n) is 5.01. The molecular weight excluding hydrogens is 783 g/mol. The number of carbonyl (C=O) groups is 11. The van der Waals surface area contributed by atoms with Crippen molar-refractivity contribution in [2.45, 2.75) is 37.5 Å². The molecule has 2 atom stereocenters. The maximum absolute atomic E-state index is 13.6. The minimum atomic E-state index is -4.64. The lowest BCUT2D eigenvalue weighted by molar-refractivity contribution is -0.150. The van der Waals surface area contributed by atoms with E-state index in [9.17, 15) is 65.9 Å². The molecule has 0 aliphatic carbocycles. The Labute approximate surface area is 327 Å². The van der Waals surface area contributed by atoms with Crippen LogP contribution in [-0.2, 0) is 65.3 Å². The van der Waals surface area contributed by atoms with Gasteiger partial charge in [-0.05, 0) is 24.1 Å². The Hall–Kier alpha value is -6.82. The van der Waals surface area contributed by atoms with E-state index in [-0.39, 0.29) is 37.9 Å². The summed E-state index contributed by atoms with van der Waals surface area (Å²) >= 11 is 0. The molecule has 0 bridgehead atoms. The largest absolute Gasteiger partial charge is 0.416 e. The lowest BCUT2D eigenvalue weighted by Crippen LogP contribution is -2.63. The standard InChI is InChI=1S/C33H42F3N11O11/c34-33(35,36)19-3-1-18(2-4-19)9-20-32(58)47-8-6-21(47)31(57)45-16-29(55)43-15-28(54)42-14-27(53)41-13-26(52)40-12-25(51)39-10-23(49)37-7-5-22(48)38-11-24(50)44-17-30(56)46-20/h1-4,20-21H,5-17H2,(H,37,49)(H,38,48)(H,39,51)(H,40,52)(H,41,53)(H,42,54)(H,43,55)(H,44,50)(H,45,57)(H,46,56). The second-order valence-electron chi connectivity index (χ2n) is 12.6. The Morgan fingerprint density at radius 2 is 0.914 bits per heavy atom. The molecule has 3 rings (SSSR count). The van der Waals surface area contributed by atoms with Crippen LogP contribution in [0.5, 0.6) is 0 Å². The van der Waals surface area contributed by atoms with E-state index in [2.05, 4.69) is 53.2 Å². The number of amides is 11. The van der Waals surface area contributed by atoms with Crippen LogP contribution >= 0.6 is 0 Å². The Balaban J connectivity index is 1.66. The third-order valence-corrected chi connectivity index (χ3v) is 8.18. The molecule has 25 heteroatoms. The van der Waals surface area contributed by atoms with Crippen molar-refractivity contribution < 1.29 is 65.9 Å². The van der Waals surface area contributed by atoms with Crippen molar-refractivity contribution in [3.05, 3.63) is 35.4 Å². The van der Waals surface area contributed by atoms with Crippen LogP contribution in [0.3, 0.4) is 0 Å². The van der Waals surface area contributed by atoms with E-state index < -0.39 is 141 Å². The Bertz CT molecular complexity index is 1760. The number of nitrogens with one attached hydrogen (secondary N) is 10. The summed E-state index contributed by atoms with van der Waals surface area (Å²) in [5, 5.41) is 22.6. The smallest absolute Gasteiger partial charge is 0.354 e. The van der Waals surface area contributed by atoms with Gasteiger partial charge in [0.1, 0.15) is 12.1 Å². The van der Waals surface area contributed by atoms with Gasteiger partial charge in [0.25, 0.3) is 0 Å². The summed E-state index contributed by atoms with van der Waals surface area (Å²) in [6.07, 6.45) is -5.09. The Morgan fingerprint density at radius 1 is 0.517 bits per heavy atom. The van der Waals surface area contributed by atoms with Crippen molar-refractivity contribution in [2.75, 3.05) is 65.4 Å². The molecule has 2 aliphatic heterocycles. The molecule has 0 saturated carbocycles. The predicted octanol–water partition coefficient (Wildman–Crippen LogP) is -6.22. The van der Waals surface area contributed by atoms with E-state index >= 15 is 0 Å². The lowest BCUT2D eigenvalue weighted by atomic mass is 9.97. The quantitative estimate of drug-likeness (QED) is 0.134. The topological polar surface area (TPSA) is 311 Å². The highest BCUT2D eigenvalue weighted by atomic mass is 19.4. The molecule has 0 spiro atoms. The van der Waals surface area contributed by atoms with Crippen molar-refractivity contribution in [3.8, 4) is 0 Å². The second kappa shape index (κ2) is 22.1. The first kappa shape index (κ1) is 45.6. The minimum Gasteiger partial charge on any atom is -0.354 e. The van der Waals surface area contributed by atoms with Crippen molar-refractivity contribution in [2.24, 2.45) is 0 Å². The zero-order chi connectivity index (χ0) is 42.8. The maximum Gasteiger partial charge on any atom is 0.416 e. The molecule has 2 unspecified atom stereocenters. The van der Waals surface area contributed by atoms with Crippen molar-refractivity contribution >= 4 is 65.0 Å². The molecular formula is C33H42F3N11O11. The molecule has 1 aromatic rings. The normalized spacial score (nSPS) is 21.6. The zero-order valence-corrected chi connectivity index (χ0v) is 30.7. The molecule has 10 N–H and O–H groups in total. The van der Waals surface area contributed by atoms with E-state index in [0.29, 0.717) is 0 Å². The van der Waals surface area contributed by atoms with Gasteiger partial charge in [-0.1, -0.05) is 12.1 Å². The summed E-state index contributed by atoms with van der Waals surface area (Å²) in [4.78, 5) is 137. The highest BCUT2D eigenvalue weighted by molar-refractivity contribution is 5.96. The van der Waals surface area contributed by atoms with Gasteiger partial charge in [0.05, 0.1) is 57.9 Å². The highest BCUT2D eigenvalue weighted by Crippen LogP contribution is 2.29.